The third kappa shape index (κ3) is 3.41. The lowest BCUT2D eigenvalue weighted by Gasteiger charge is -2.29. The van der Waals surface area contributed by atoms with Gasteiger partial charge in [0.25, 0.3) is 0 Å². The largest absolute Gasteiger partial charge is 0.298 e. The van der Waals surface area contributed by atoms with Crippen molar-refractivity contribution in [2.45, 2.75) is 53.5 Å². The predicted molar refractivity (Wildman–Crippen MR) is 61.5 cm³/mol. The number of Topliss-reactive ketones (excluding diaryl/α,β-unsaturated/α-hetero) is 1. The lowest BCUT2D eigenvalue weighted by atomic mass is 9.95. The first-order valence-corrected chi connectivity index (χ1v) is 5.89. The number of likely N-dealkylation sites (N-methyl/N-ethyl adjacent to an activating group) is 1. The maximum atomic E-state index is 12.0. The van der Waals surface area contributed by atoms with E-state index < -0.39 is 0 Å². The van der Waals surface area contributed by atoms with E-state index in [9.17, 15) is 4.79 Å². The molecular weight excluding hydrogens is 174 g/mol. The van der Waals surface area contributed by atoms with E-state index in [1.807, 2.05) is 6.92 Å². The van der Waals surface area contributed by atoms with Crippen molar-refractivity contribution in [3.8, 4) is 0 Å². The zero-order valence-corrected chi connectivity index (χ0v) is 10.3. The first kappa shape index (κ1) is 13.6. The van der Waals surface area contributed by atoms with Crippen molar-refractivity contribution in [2.75, 3.05) is 13.1 Å². The summed E-state index contributed by atoms with van der Waals surface area (Å²) in [7, 11) is 0. The van der Waals surface area contributed by atoms with Crippen LogP contribution < -0.4 is 0 Å². The van der Waals surface area contributed by atoms with Gasteiger partial charge in [0.15, 0.2) is 5.78 Å². The number of rotatable bonds is 7. The molecule has 2 nitrogen and oxygen atoms in total. The molecule has 0 spiro atoms. The molecule has 2 heteroatoms. The van der Waals surface area contributed by atoms with Gasteiger partial charge in [0.1, 0.15) is 0 Å². The quantitative estimate of drug-likeness (QED) is 0.628. The Bertz CT molecular complexity index is 164. The second-order valence-corrected chi connectivity index (χ2v) is 3.86. The van der Waals surface area contributed by atoms with E-state index in [1.165, 1.54) is 0 Å². The molecule has 0 aliphatic carbocycles. The number of hydrogen-bond donors (Lipinski definition) is 0. The van der Waals surface area contributed by atoms with Crippen LogP contribution in [0.4, 0.5) is 0 Å². The van der Waals surface area contributed by atoms with Crippen LogP contribution in [-0.2, 0) is 4.79 Å². The Labute approximate surface area is 88.7 Å². The molecule has 0 aliphatic heterocycles. The van der Waals surface area contributed by atoms with Crippen LogP contribution in [0, 0.1) is 5.92 Å². The Morgan fingerprint density at radius 2 is 1.57 bits per heavy atom. The highest BCUT2D eigenvalue weighted by molar-refractivity contribution is 5.85. The van der Waals surface area contributed by atoms with E-state index >= 15 is 0 Å². The molecule has 0 bridgehead atoms. The van der Waals surface area contributed by atoms with Crippen LogP contribution >= 0.6 is 0 Å². The number of ketones is 1. The maximum absolute atomic E-state index is 12.0. The molecular formula is C12H25NO. The minimum atomic E-state index is 0.139. The molecule has 0 amide bonds. The normalized spacial score (nSPS) is 15.6. The lowest BCUT2D eigenvalue weighted by molar-refractivity contribution is -0.127. The van der Waals surface area contributed by atoms with E-state index in [-0.39, 0.29) is 12.0 Å². The van der Waals surface area contributed by atoms with Crippen molar-refractivity contribution in [2.24, 2.45) is 5.92 Å². The minimum Gasteiger partial charge on any atom is -0.298 e. The highest BCUT2D eigenvalue weighted by Gasteiger charge is 2.24. The molecule has 0 aromatic rings. The van der Waals surface area contributed by atoms with Crippen LogP contribution in [0.5, 0.6) is 0 Å². The summed E-state index contributed by atoms with van der Waals surface area (Å²) in [5.41, 5.74) is 0. The first-order chi connectivity index (χ1) is 6.62. The fourth-order valence-corrected chi connectivity index (χ4v) is 1.83. The summed E-state index contributed by atoms with van der Waals surface area (Å²) in [6.07, 6.45) is 1.89. The van der Waals surface area contributed by atoms with Crippen LogP contribution in [0.2, 0.25) is 0 Å². The van der Waals surface area contributed by atoms with Gasteiger partial charge in [-0.05, 0) is 25.9 Å². The predicted octanol–water partition coefficient (Wildman–Crippen LogP) is 2.72. The molecule has 0 aromatic carbocycles. The highest BCUT2D eigenvalue weighted by Crippen LogP contribution is 2.13. The van der Waals surface area contributed by atoms with Crippen molar-refractivity contribution < 1.29 is 4.79 Å². The number of carbonyl (C=O) groups is 1. The van der Waals surface area contributed by atoms with E-state index in [1.54, 1.807) is 0 Å². The standard InChI is InChI=1S/C12H25NO/c1-6-10(5)12(14)11(7-2)13(8-3)9-4/h10-11H,6-9H2,1-5H3/t10?,11-/m0/s1. The molecule has 2 atom stereocenters. The van der Waals surface area contributed by atoms with E-state index in [2.05, 4.69) is 32.6 Å². The fraction of sp³-hybridized carbons (Fsp3) is 0.917. The number of carbonyl (C=O) groups excluding carboxylic acids is 1. The van der Waals surface area contributed by atoms with Crippen LogP contribution in [0.25, 0.3) is 0 Å². The summed E-state index contributed by atoms with van der Waals surface area (Å²) in [5, 5.41) is 0. The topological polar surface area (TPSA) is 20.3 Å². The van der Waals surface area contributed by atoms with Gasteiger partial charge in [-0.1, -0.05) is 34.6 Å². The summed E-state index contributed by atoms with van der Waals surface area (Å²) in [5.74, 6) is 0.624. The average Bonchev–Trinajstić information content (AvgIpc) is 2.23. The van der Waals surface area contributed by atoms with Gasteiger partial charge in [-0.2, -0.15) is 0 Å². The van der Waals surface area contributed by atoms with Gasteiger partial charge in [0.05, 0.1) is 6.04 Å². The van der Waals surface area contributed by atoms with Crippen LogP contribution in [0.15, 0.2) is 0 Å². The smallest absolute Gasteiger partial charge is 0.152 e. The van der Waals surface area contributed by atoms with Crippen LogP contribution in [-0.4, -0.2) is 29.8 Å². The van der Waals surface area contributed by atoms with Crippen molar-refractivity contribution in [3.05, 3.63) is 0 Å². The number of nitrogens with zero attached hydrogens (tertiary/aromatic N) is 1. The Kier molecular flexibility index (Phi) is 6.81. The van der Waals surface area contributed by atoms with Crippen molar-refractivity contribution in [1.29, 1.82) is 0 Å². The fourth-order valence-electron chi connectivity index (χ4n) is 1.83. The van der Waals surface area contributed by atoms with E-state index in [0.29, 0.717) is 5.78 Å². The van der Waals surface area contributed by atoms with Gasteiger partial charge < -0.3 is 0 Å². The molecule has 0 aliphatic rings. The molecule has 84 valence electrons. The SMILES string of the molecule is CCC(C)C(=O)[C@H](CC)N(CC)CC. The van der Waals surface area contributed by atoms with Gasteiger partial charge >= 0.3 is 0 Å². The number of hydrogen-bond acceptors (Lipinski definition) is 2. The second-order valence-electron chi connectivity index (χ2n) is 3.86. The van der Waals surface area contributed by atoms with Crippen molar-refractivity contribution in [1.82, 2.24) is 4.90 Å². The van der Waals surface area contributed by atoms with Gasteiger partial charge in [-0.3, -0.25) is 9.69 Å². The van der Waals surface area contributed by atoms with Crippen molar-refractivity contribution in [3.63, 3.8) is 0 Å². The Morgan fingerprint density at radius 1 is 1.07 bits per heavy atom. The third-order valence-corrected chi connectivity index (χ3v) is 3.07. The maximum Gasteiger partial charge on any atom is 0.152 e. The molecule has 0 heterocycles. The minimum absolute atomic E-state index is 0.139. The Hall–Kier alpha value is -0.370. The Balaban J connectivity index is 4.45. The van der Waals surface area contributed by atoms with E-state index in [4.69, 9.17) is 0 Å². The Morgan fingerprint density at radius 3 is 1.86 bits per heavy atom. The molecule has 0 aromatic heterocycles. The summed E-state index contributed by atoms with van der Waals surface area (Å²) >= 11 is 0. The molecule has 0 N–H and O–H groups in total. The molecule has 0 fully saturated rings. The van der Waals surface area contributed by atoms with Gasteiger partial charge in [-0.15, -0.1) is 0 Å². The molecule has 0 radical (unpaired) electrons. The molecule has 14 heavy (non-hydrogen) atoms. The molecule has 0 saturated heterocycles. The van der Waals surface area contributed by atoms with Gasteiger partial charge in [-0.25, -0.2) is 0 Å². The third-order valence-electron chi connectivity index (χ3n) is 3.07. The lowest BCUT2D eigenvalue weighted by Crippen LogP contribution is -2.42. The zero-order chi connectivity index (χ0) is 11.1. The monoisotopic (exact) mass is 199 g/mol. The molecule has 0 rings (SSSR count). The van der Waals surface area contributed by atoms with Gasteiger partial charge in [0, 0.05) is 5.92 Å². The summed E-state index contributed by atoms with van der Waals surface area (Å²) in [4.78, 5) is 14.3. The summed E-state index contributed by atoms with van der Waals surface area (Å²) in [6.45, 7) is 12.4. The summed E-state index contributed by atoms with van der Waals surface area (Å²) in [6, 6.07) is 0.139. The zero-order valence-electron chi connectivity index (χ0n) is 10.3. The van der Waals surface area contributed by atoms with Crippen LogP contribution in [0.3, 0.4) is 0 Å². The molecule has 0 saturated carbocycles. The van der Waals surface area contributed by atoms with Gasteiger partial charge in [0.2, 0.25) is 0 Å². The molecule has 1 unspecified atom stereocenters. The van der Waals surface area contributed by atoms with Crippen LogP contribution in [0.1, 0.15) is 47.5 Å². The van der Waals surface area contributed by atoms with E-state index in [0.717, 1.165) is 25.9 Å². The highest BCUT2D eigenvalue weighted by atomic mass is 16.1. The summed E-state index contributed by atoms with van der Waals surface area (Å²) < 4.78 is 0. The average molecular weight is 199 g/mol. The first-order valence-electron chi connectivity index (χ1n) is 5.89. The van der Waals surface area contributed by atoms with Crippen molar-refractivity contribution >= 4 is 5.78 Å². The second kappa shape index (κ2) is 6.99.